The van der Waals surface area contributed by atoms with Crippen molar-refractivity contribution < 1.29 is 53.7 Å². The van der Waals surface area contributed by atoms with Crippen molar-refractivity contribution in [2.45, 2.75) is 12.8 Å². The first-order valence-electron chi connectivity index (χ1n) is 5.14. The number of benzene rings is 1. The van der Waals surface area contributed by atoms with Gasteiger partial charge in [-0.3, -0.25) is 0 Å². The fourth-order valence-corrected chi connectivity index (χ4v) is 1.19. The Morgan fingerprint density at radius 1 is 1.22 bits per heavy atom. The second-order valence-corrected chi connectivity index (χ2v) is 3.34. The second kappa shape index (κ2) is 8.97. The fraction of sp³-hybridized carbons (Fsp3) is 0.333. The molecule has 5 nitrogen and oxygen atoms in total. The molecule has 0 amide bonds. The van der Waals surface area contributed by atoms with Crippen molar-refractivity contribution in [3.8, 4) is 5.75 Å². The van der Waals surface area contributed by atoms with E-state index < -0.39 is 11.9 Å². The Labute approximate surface area is 127 Å². The van der Waals surface area contributed by atoms with E-state index in [9.17, 15) is 14.7 Å². The summed E-state index contributed by atoms with van der Waals surface area (Å²) in [6.07, 6.45) is 0.139. The van der Waals surface area contributed by atoms with Crippen LogP contribution >= 0.6 is 0 Å². The summed E-state index contributed by atoms with van der Waals surface area (Å²) in [6.45, 7) is 0.0683. The van der Waals surface area contributed by atoms with Crippen molar-refractivity contribution in [1.29, 1.82) is 0 Å². The molecule has 0 N–H and O–H groups in total. The van der Waals surface area contributed by atoms with Crippen LogP contribution in [0.5, 0.6) is 5.75 Å². The standard InChI is InChI=1S/C12H14O5.Na/c1-16-10-6-4-9(5-7-10)12(15)17-8-2-3-11(13)14;/h4-7H,2-3,8H2,1H3,(H,13,14);/q;+1/p-1. The average molecular weight is 260 g/mol. The summed E-state index contributed by atoms with van der Waals surface area (Å²) in [5, 5.41) is 10.1. The molecular weight excluding hydrogens is 247 g/mol. The maximum absolute atomic E-state index is 11.5. The molecule has 92 valence electrons. The Balaban J connectivity index is 0.00000289. The quantitative estimate of drug-likeness (QED) is 0.318. The summed E-state index contributed by atoms with van der Waals surface area (Å²) in [7, 11) is 1.53. The molecule has 0 unspecified atom stereocenters. The van der Waals surface area contributed by atoms with Gasteiger partial charge in [0.15, 0.2) is 0 Å². The van der Waals surface area contributed by atoms with E-state index in [1.807, 2.05) is 0 Å². The zero-order valence-electron chi connectivity index (χ0n) is 10.5. The number of aliphatic carboxylic acids is 1. The zero-order chi connectivity index (χ0) is 12.7. The molecule has 0 saturated heterocycles. The first-order valence-corrected chi connectivity index (χ1v) is 5.14. The number of esters is 1. The minimum absolute atomic E-state index is 0. The summed E-state index contributed by atoms with van der Waals surface area (Å²) in [5.74, 6) is -0.977. The number of carboxylic acids is 1. The summed E-state index contributed by atoms with van der Waals surface area (Å²) in [4.78, 5) is 21.6. The van der Waals surface area contributed by atoms with Gasteiger partial charge in [-0.25, -0.2) is 4.79 Å². The van der Waals surface area contributed by atoms with Crippen LogP contribution in [0.25, 0.3) is 0 Å². The molecule has 1 aromatic carbocycles. The molecular formula is C12H13NaO5. The van der Waals surface area contributed by atoms with Gasteiger partial charge in [-0.15, -0.1) is 0 Å². The normalized spacial score (nSPS) is 9.17. The molecule has 6 heteroatoms. The molecule has 18 heavy (non-hydrogen) atoms. The summed E-state index contributed by atoms with van der Waals surface area (Å²) in [5.41, 5.74) is 0.402. The molecule has 0 aliphatic heterocycles. The Morgan fingerprint density at radius 2 is 1.83 bits per heavy atom. The predicted octanol–water partition coefficient (Wildman–Crippen LogP) is -2.61. The van der Waals surface area contributed by atoms with Crippen molar-refractivity contribution >= 4 is 11.9 Å². The number of carboxylic acid groups (broad SMARTS) is 1. The maximum Gasteiger partial charge on any atom is 1.00 e. The van der Waals surface area contributed by atoms with Gasteiger partial charge >= 0.3 is 35.5 Å². The molecule has 0 fully saturated rings. The third-order valence-corrected chi connectivity index (χ3v) is 2.08. The van der Waals surface area contributed by atoms with Gasteiger partial charge in [-0.2, -0.15) is 0 Å². The van der Waals surface area contributed by atoms with Gasteiger partial charge in [0.05, 0.1) is 19.3 Å². The largest absolute Gasteiger partial charge is 1.00 e. The van der Waals surface area contributed by atoms with Crippen LogP contribution in [0, 0.1) is 0 Å². The van der Waals surface area contributed by atoms with Crippen LogP contribution in [-0.2, 0) is 9.53 Å². The average Bonchev–Trinajstić information content (AvgIpc) is 2.34. The van der Waals surface area contributed by atoms with Crippen LogP contribution in [0.2, 0.25) is 0 Å². The van der Waals surface area contributed by atoms with Gasteiger partial charge in [-0.05, 0) is 37.1 Å². The minimum atomic E-state index is -1.15. The van der Waals surface area contributed by atoms with Gasteiger partial charge in [0, 0.05) is 5.97 Å². The van der Waals surface area contributed by atoms with Gasteiger partial charge in [-0.1, -0.05) is 0 Å². The van der Waals surface area contributed by atoms with Crippen LogP contribution in [0.1, 0.15) is 23.2 Å². The topological polar surface area (TPSA) is 75.7 Å². The number of hydrogen-bond acceptors (Lipinski definition) is 5. The van der Waals surface area contributed by atoms with Crippen LogP contribution in [0.3, 0.4) is 0 Å². The van der Waals surface area contributed by atoms with Crippen LogP contribution in [0.15, 0.2) is 24.3 Å². The summed E-state index contributed by atoms with van der Waals surface area (Å²) >= 11 is 0. The van der Waals surface area contributed by atoms with E-state index in [1.54, 1.807) is 24.3 Å². The molecule has 0 aliphatic carbocycles. The van der Waals surface area contributed by atoms with Crippen LogP contribution in [0.4, 0.5) is 0 Å². The fourth-order valence-electron chi connectivity index (χ4n) is 1.19. The van der Waals surface area contributed by atoms with E-state index in [4.69, 9.17) is 9.47 Å². The molecule has 1 rings (SSSR count). The van der Waals surface area contributed by atoms with Crippen molar-refractivity contribution in [3.05, 3.63) is 29.8 Å². The maximum atomic E-state index is 11.5. The van der Waals surface area contributed by atoms with E-state index in [1.165, 1.54) is 7.11 Å². The third kappa shape index (κ3) is 6.05. The number of rotatable bonds is 6. The molecule has 0 atom stereocenters. The van der Waals surface area contributed by atoms with Crippen molar-refractivity contribution in [3.63, 3.8) is 0 Å². The molecule has 0 spiro atoms. The molecule has 0 heterocycles. The van der Waals surface area contributed by atoms with Crippen LogP contribution in [-0.4, -0.2) is 25.7 Å². The Kier molecular flexibility index (Phi) is 8.45. The van der Waals surface area contributed by atoms with Crippen LogP contribution < -0.4 is 39.4 Å². The minimum Gasteiger partial charge on any atom is -0.550 e. The zero-order valence-corrected chi connectivity index (χ0v) is 12.5. The second-order valence-electron chi connectivity index (χ2n) is 3.34. The summed E-state index contributed by atoms with van der Waals surface area (Å²) < 4.78 is 9.83. The monoisotopic (exact) mass is 260 g/mol. The Bertz CT molecular complexity index is 388. The molecule has 0 aromatic heterocycles. The molecule has 0 bridgehead atoms. The van der Waals surface area contributed by atoms with E-state index in [2.05, 4.69) is 0 Å². The predicted molar refractivity (Wildman–Crippen MR) is 57.5 cm³/mol. The molecule has 1 aromatic rings. The van der Waals surface area contributed by atoms with Crippen molar-refractivity contribution in [2.24, 2.45) is 0 Å². The smallest absolute Gasteiger partial charge is 0.550 e. The number of carbonyl (C=O) groups is 2. The first kappa shape index (κ1) is 17.0. The number of ether oxygens (including phenoxy) is 2. The Morgan fingerprint density at radius 3 is 2.33 bits per heavy atom. The number of hydrogen-bond donors (Lipinski definition) is 0. The van der Waals surface area contributed by atoms with E-state index in [-0.39, 0.29) is 49.0 Å². The number of methoxy groups -OCH3 is 1. The van der Waals surface area contributed by atoms with Gasteiger partial charge in [0.25, 0.3) is 0 Å². The van der Waals surface area contributed by atoms with E-state index in [0.717, 1.165) is 0 Å². The molecule has 0 saturated carbocycles. The van der Waals surface area contributed by atoms with Gasteiger partial charge in [0.2, 0.25) is 0 Å². The van der Waals surface area contributed by atoms with Crippen molar-refractivity contribution in [2.75, 3.05) is 13.7 Å². The number of carbonyl (C=O) groups excluding carboxylic acids is 2. The van der Waals surface area contributed by atoms with Gasteiger partial charge in [0.1, 0.15) is 5.75 Å². The first-order chi connectivity index (χ1) is 8.13. The summed E-state index contributed by atoms with van der Waals surface area (Å²) in [6, 6.07) is 6.47. The molecule has 0 radical (unpaired) electrons. The van der Waals surface area contributed by atoms with E-state index in [0.29, 0.717) is 11.3 Å². The SMILES string of the molecule is COc1ccc(C(=O)OCCCC(=O)[O-])cc1.[Na+]. The van der Waals surface area contributed by atoms with Crippen molar-refractivity contribution in [1.82, 2.24) is 0 Å². The Hall–Kier alpha value is -1.04. The van der Waals surface area contributed by atoms with E-state index >= 15 is 0 Å². The third-order valence-electron chi connectivity index (χ3n) is 2.08. The molecule has 0 aliphatic rings. The van der Waals surface area contributed by atoms with Gasteiger partial charge < -0.3 is 19.4 Å².